The lowest BCUT2D eigenvalue weighted by atomic mass is 9.90. The van der Waals surface area contributed by atoms with Gasteiger partial charge in [0.1, 0.15) is 0 Å². The molecular formula is C8H15N3. The van der Waals surface area contributed by atoms with E-state index in [9.17, 15) is 0 Å². The van der Waals surface area contributed by atoms with E-state index >= 15 is 0 Å². The third-order valence-electron chi connectivity index (χ3n) is 1.03. The molecule has 0 unspecified atom stereocenters. The fourth-order valence-electron chi connectivity index (χ4n) is 0.738. The minimum Gasteiger partial charge on any atom is -0.315 e. The van der Waals surface area contributed by atoms with Crippen LogP contribution >= 0.6 is 0 Å². The molecule has 11 heavy (non-hydrogen) atoms. The summed E-state index contributed by atoms with van der Waals surface area (Å²) in [5, 5.41) is 10.6. The van der Waals surface area contributed by atoms with Crippen molar-refractivity contribution in [3.63, 3.8) is 0 Å². The van der Waals surface area contributed by atoms with Gasteiger partial charge in [0, 0.05) is 17.7 Å². The van der Waals surface area contributed by atoms with E-state index in [-0.39, 0.29) is 5.41 Å². The molecule has 62 valence electrons. The second-order valence-electron chi connectivity index (χ2n) is 3.67. The Hall–Kier alpha value is -1.08. The maximum atomic E-state index is 7.41. The van der Waals surface area contributed by atoms with Crippen LogP contribution in [0, 0.1) is 10.8 Å². The van der Waals surface area contributed by atoms with Gasteiger partial charge in [-0.1, -0.05) is 20.8 Å². The van der Waals surface area contributed by atoms with E-state index in [2.05, 4.69) is 31.7 Å². The molecule has 3 heteroatoms. The third-order valence-corrected chi connectivity index (χ3v) is 1.03. The van der Waals surface area contributed by atoms with Gasteiger partial charge < -0.3 is 11.3 Å². The second kappa shape index (κ2) is 3.94. The van der Waals surface area contributed by atoms with Crippen molar-refractivity contribution in [3.8, 4) is 0 Å². The van der Waals surface area contributed by atoms with Crippen LogP contribution in [0.15, 0.2) is 11.2 Å². The molecule has 0 aliphatic heterocycles. The maximum absolute atomic E-state index is 7.41. The molecule has 0 aliphatic rings. The molecule has 3 N–H and O–H groups in total. The van der Waals surface area contributed by atoms with E-state index in [1.165, 1.54) is 6.08 Å². The molecule has 0 aromatic heterocycles. The van der Waals surface area contributed by atoms with Crippen LogP contribution in [0.3, 0.4) is 0 Å². The minimum absolute atomic E-state index is 0.143. The maximum Gasteiger partial charge on any atom is 0.0412 e. The smallest absolute Gasteiger partial charge is 0.0412 e. The molecule has 0 aromatic carbocycles. The van der Waals surface area contributed by atoms with E-state index in [1.54, 1.807) is 0 Å². The van der Waals surface area contributed by atoms with E-state index in [0.717, 1.165) is 6.42 Å². The van der Waals surface area contributed by atoms with Gasteiger partial charge in [-0.2, -0.15) is 0 Å². The molecule has 0 heterocycles. The zero-order valence-electron chi connectivity index (χ0n) is 7.31. The lowest BCUT2D eigenvalue weighted by Crippen LogP contribution is -2.10. The Bertz CT molecular complexity index is 192. The monoisotopic (exact) mass is 153 g/mol. The summed E-state index contributed by atoms with van der Waals surface area (Å²) in [7, 11) is 0. The standard InChI is InChI=1S/C8H15N3/c1-8(2,3)6-7(9)4-5-11-10/h4,9H,6,10H2,1-3H3. The highest BCUT2D eigenvalue weighted by Crippen LogP contribution is 2.18. The van der Waals surface area contributed by atoms with Crippen LogP contribution in [-0.4, -0.2) is 11.6 Å². The lowest BCUT2D eigenvalue weighted by molar-refractivity contribution is 0.434. The van der Waals surface area contributed by atoms with Crippen molar-refractivity contribution >= 4 is 11.6 Å². The minimum atomic E-state index is 0.143. The normalized spacial score (nSPS) is 10.1. The average molecular weight is 153 g/mol. The Kier molecular flexibility index (Phi) is 3.55. The Morgan fingerprint density at radius 1 is 1.64 bits per heavy atom. The average Bonchev–Trinajstić information content (AvgIpc) is 1.79. The van der Waals surface area contributed by atoms with Crippen LogP contribution in [0.25, 0.3) is 0 Å². The van der Waals surface area contributed by atoms with Gasteiger partial charge in [-0.25, -0.2) is 0 Å². The molecule has 0 amide bonds. The summed E-state index contributed by atoms with van der Waals surface area (Å²) in [4.78, 5) is 0. The Balaban J connectivity index is 4.00. The Morgan fingerprint density at radius 2 is 2.18 bits per heavy atom. The first kappa shape index (κ1) is 9.92. The fraction of sp³-hybridized carbons (Fsp3) is 0.625. The van der Waals surface area contributed by atoms with Crippen molar-refractivity contribution in [2.45, 2.75) is 27.2 Å². The van der Waals surface area contributed by atoms with Crippen LogP contribution in [0.4, 0.5) is 0 Å². The molecule has 0 atom stereocenters. The van der Waals surface area contributed by atoms with Crippen molar-refractivity contribution < 1.29 is 0 Å². The number of rotatable bonds is 2. The molecule has 0 radical (unpaired) electrons. The van der Waals surface area contributed by atoms with Crippen LogP contribution in [0.2, 0.25) is 0 Å². The van der Waals surface area contributed by atoms with Crippen molar-refractivity contribution in [2.24, 2.45) is 16.4 Å². The first-order valence-electron chi connectivity index (χ1n) is 3.52. The summed E-state index contributed by atoms with van der Waals surface area (Å²) in [6, 6.07) is 0. The molecule has 3 nitrogen and oxygen atoms in total. The number of hydrogen-bond acceptors (Lipinski definition) is 3. The highest BCUT2D eigenvalue weighted by Gasteiger charge is 2.11. The van der Waals surface area contributed by atoms with E-state index in [4.69, 9.17) is 11.3 Å². The summed E-state index contributed by atoms with van der Waals surface area (Å²) in [6.07, 6.45) is 2.21. The zero-order chi connectivity index (χ0) is 8.91. The van der Waals surface area contributed by atoms with Crippen LogP contribution in [-0.2, 0) is 0 Å². The molecule has 0 fully saturated rings. The molecule has 0 aliphatic carbocycles. The molecule has 0 rings (SSSR count). The van der Waals surface area contributed by atoms with Gasteiger partial charge in [-0.05, 0) is 11.8 Å². The first-order valence-corrected chi connectivity index (χ1v) is 3.52. The van der Waals surface area contributed by atoms with Crippen molar-refractivity contribution in [3.05, 3.63) is 6.08 Å². The number of nitrogens with zero attached hydrogens (tertiary/aromatic N) is 1. The van der Waals surface area contributed by atoms with Crippen molar-refractivity contribution in [1.82, 2.24) is 0 Å². The SMILES string of the molecule is CC(C)(C)CC(=N)C=C=NN. The molecular weight excluding hydrogens is 138 g/mol. The quantitative estimate of drug-likeness (QED) is 0.353. The van der Waals surface area contributed by atoms with Gasteiger partial charge in [0.05, 0.1) is 0 Å². The summed E-state index contributed by atoms with van der Waals surface area (Å²) in [6.45, 7) is 6.24. The number of hydrogen-bond donors (Lipinski definition) is 2. The predicted octanol–water partition coefficient (Wildman–Crippen LogP) is 1.54. The lowest BCUT2D eigenvalue weighted by Gasteiger charge is -2.16. The van der Waals surface area contributed by atoms with Gasteiger partial charge in [0.25, 0.3) is 0 Å². The molecule has 0 aromatic rings. The zero-order valence-corrected chi connectivity index (χ0v) is 7.31. The van der Waals surface area contributed by atoms with Crippen LogP contribution < -0.4 is 5.84 Å². The van der Waals surface area contributed by atoms with Gasteiger partial charge >= 0.3 is 0 Å². The van der Waals surface area contributed by atoms with Gasteiger partial charge in [0.2, 0.25) is 0 Å². The summed E-state index contributed by atoms with van der Waals surface area (Å²) in [5.41, 5.74) is 0.649. The number of nitrogens with one attached hydrogen (secondary N) is 1. The Morgan fingerprint density at radius 3 is 2.55 bits per heavy atom. The van der Waals surface area contributed by atoms with Crippen molar-refractivity contribution in [2.75, 3.05) is 0 Å². The van der Waals surface area contributed by atoms with E-state index in [0.29, 0.717) is 5.71 Å². The van der Waals surface area contributed by atoms with Crippen molar-refractivity contribution in [1.29, 1.82) is 5.41 Å². The summed E-state index contributed by atoms with van der Waals surface area (Å²) in [5.74, 6) is 7.25. The van der Waals surface area contributed by atoms with Crippen LogP contribution in [0.5, 0.6) is 0 Å². The number of allylic oxidation sites excluding steroid dienone is 1. The van der Waals surface area contributed by atoms with E-state index < -0.39 is 0 Å². The second-order valence-corrected chi connectivity index (χ2v) is 3.67. The fourth-order valence-corrected chi connectivity index (χ4v) is 0.738. The highest BCUT2D eigenvalue weighted by molar-refractivity contribution is 5.99. The Labute approximate surface area is 67.5 Å². The first-order chi connectivity index (χ1) is 4.95. The van der Waals surface area contributed by atoms with Gasteiger partial charge in [0.15, 0.2) is 0 Å². The van der Waals surface area contributed by atoms with Crippen LogP contribution in [0.1, 0.15) is 27.2 Å². The topological polar surface area (TPSA) is 62.2 Å². The van der Waals surface area contributed by atoms with E-state index in [1.807, 2.05) is 0 Å². The molecule has 0 saturated carbocycles. The molecule has 0 saturated heterocycles. The summed E-state index contributed by atoms with van der Waals surface area (Å²) < 4.78 is 0. The van der Waals surface area contributed by atoms with Gasteiger partial charge in [-0.3, -0.25) is 0 Å². The van der Waals surface area contributed by atoms with Gasteiger partial charge in [-0.15, -0.1) is 5.10 Å². The molecule has 0 bridgehead atoms. The highest BCUT2D eigenvalue weighted by atomic mass is 15.1. The number of nitrogens with two attached hydrogens (primary N) is 1. The molecule has 0 spiro atoms. The largest absolute Gasteiger partial charge is 0.315 e. The third kappa shape index (κ3) is 6.81. The number of hydrazone groups is 1. The summed E-state index contributed by atoms with van der Waals surface area (Å²) >= 11 is 0. The predicted molar refractivity (Wildman–Crippen MR) is 48.0 cm³/mol.